The molecule has 2 aromatic rings. The van der Waals surface area contributed by atoms with E-state index in [-0.39, 0.29) is 11.9 Å². The van der Waals surface area contributed by atoms with Gasteiger partial charge in [0, 0.05) is 12.6 Å². The van der Waals surface area contributed by atoms with Crippen LogP contribution in [0.25, 0.3) is 0 Å². The Morgan fingerprint density at radius 3 is 2.89 bits per heavy atom. The van der Waals surface area contributed by atoms with Crippen LogP contribution in [0.2, 0.25) is 0 Å². The molecule has 98 valence electrons. The molecule has 1 unspecified atom stereocenters. The smallest absolute Gasteiger partial charge is 0.168 e. The third-order valence-electron chi connectivity index (χ3n) is 3.66. The summed E-state index contributed by atoms with van der Waals surface area (Å²) >= 11 is 0. The van der Waals surface area contributed by atoms with Gasteiger partial charge in [0.25, 0.3) is 0 Å². The van der Waals surface area contributed by atoms with Crippen LogP contribution in [0.1, 0.15) is 22.7 Å². The van der Waals surface area contributed by atoms with Crippen molar-refractivity contribution in [2.75, 3.05) is 7.11 Å². The molecular formula is C16H16FNO. The zero-order valence-electron chi connectivity index (χ0n) is 10.8. The van der Waals surface area contributed by atoms with Gasteiger partial charge >= 0.3 is 0 Å². The number of hydrogen-bond donors (Lipinski definition) is 1. The normalized spacial score (nSPS) is 17.3. The summed E-state index contributed by atoms with van der Waals surface area (Å²) in [7, 11) is 1.49. The molecule has 0 saturated carbocycles. The molecule has 2 nitrogen and oxygen atoms in total. The summed E-state index contributed by atoms with van der Waals surface area (Å²) in [5, 5.41) is 3.43. The molecule has 0 aromatic heterocycles. The quantitative estimate of drug-likeness (QED) is 0.911. The Morgan fingerprint density at radius 2 is 2.05 bits per heavy atom. The first-order valence-corrected chi connectivity index (χ1v) is 6.42. The van der Waals surface area contributed by atoms with E-state index in [9.17, 15) is 4.39 Å². The van der Waals surface area contributed by atoms with E-state index in [1.165, 1.54) is 18.2 Å². The van der Waals surface area contributed by atoms with Crippen LogP contribution < -0.4 is 10.1 Å². The topological polar surface area (TPSA) is 21.3 Å². The maximum Gasteiger partial charge on any atom is 0.168 e. The largest absolute Gasteiger partial charge is 0.494 e. The Labute approximate surface area is 112 Å². The molecule has 1 aliphatic rings. The molecule has 0 radical (unpaired) electrons. The highest BCUT2D eigenvalue weighted by Gasteiger charge is 2.23. The van der Waals surface area contributed by atoms with Gasteiger partial charge in [0.05, 0.1) is 7.11 Å². The van der Waals surface area contributed by atoms with Gasteiger partial charge in [-0.3, -0.25) is 0 Å². The van der Waals surface area contributed by atoms with E-state index in [1.54, 1.807) is 6.07 Å². The highest BCUT2D eigenvalue weighted by molar-refractivity contribution is 5.37. The van der Waals surface area contributed by atoms with Gasteiger partial charge in [-0.05, 0) is 29.2 Å². The lowest BCUT2D eigenvalue weighted by Gasteiger charge is -2.14. The van der Waals surface area contributed by atoms with Crippen LogP contribution in [-0.4, -0.2) is 7.11 Å². The average Bonchev–Trinajstić information content (AvgIpc) is 2.85. The first-order chi connectivity index (χ1) is 9.29. The van der Waals surface area contributed by atoms with Gasteiger partial charge in [0.2, 0.25) is 0 Å². The van der Waals surface area contributed by atoms with Crippen LogP contribution in [0.5, 0.6) is 5.75 Å². The third-order valence-corrected chi connectivity index (χ3v) is 3.66. The lowest BCUT2D eigenvalue weighted by atomic mass is 9.98. The fourth-order valence-corrected chi connectivity index (χ4v) is 2.65. The van der Waals surface area contributed by atoms with Gasteiger partial charge < -0.3 is 10.1 Å². The van der Waals surface area contributed by atoms with E-state index in [1.807, 2.05) is 24.3 Å². The molecule has 0 amide bonds. The molecule has 1 atom stereocenters. The second-order valence-corrected chi connectivity index (χ2v) is 4.77. The first-order valence-electron chi connectivity index (χ1n) is 6.42. The molecular weight excluding hydrogens is 241 g/mol. The predicted octanol–water partition coefficient (Wildman–Crippen LogP) is 3.22. The first kappa shape index (κ1) is 12.2. The molecule has 1 N–H and O–H groups in total. The van der Waals surface area contributed by atoms with Crippen molar-refractivity contribution in [3.63, 3.8) is 0 Å². The van der Waals surface area contributed by atoms with Crippen LogP contribution in [0.3, 0.4) is 0 Å². The number of methoxy groups -OCH3 is 1. The highest BCUT2D eigenvalue weighted by Crippen LogP contribution is 2.30. The number of benzene rings is 2. The molecule has 0 fully saturated rings. The maximum absolute atomic E-state index is 14.1. The van der Waals surface area contributed by atoms with E-state index in [4.69, 9.17) is 4.74 Å². The summed E-state index contributed by atoms with van der Waals surface area (Å²) in [5.41, 5.74) is 3.26. The Kier molecular flexibility index (Phi) is 3.22. The van der Waals surface area contributed by atoms with E-state index >= 15 is 0 Å². The van der Waals surface area contributed by atoms with E-state index in [0.717, 1.165) is 6.54 Å². The standard InChI is InChI=1S/C16H16FNO/c1-19-15-8-4-6-11(16(15)17)9-14-13-7-3-2-5-12(13)10-18-14/h2-8,14,18H,9-10H2,1H3. The summed E-state index contributed by atoms with van der Waals surface area (Å²) in [5.74, 6) is 0.0555. The molecule has 1 aliphatic heterocycles. The van der Waals surface area contributed by atoms with Gasteiger partial charge in [-0.1, -0.05) is 36.4 Å². The Hall–Kier alpha value is -1.87. The average molecular weight is 257 g/mol. The van der Waals surface area contributed by atoms with Crippen molar-refractivity contribution in [3.05, 3.63) is 65.0 Å². The Bertz CT molecular complexity index is 597. The number of nitrogens with one attached hydrogen (secondary N) is 1. The predicted molar refractivity (Wildman–Crippen MR) is 72.7 cm³/mol. The lowest BCUT2D eigenvalue weighted by molar-refractivity contribution is 0.383. The summed E-state index contributed by atoms with van der Waals surface area (Å²) in [6, 6.07) is 13.8. The van der Waals surface area contributed by atoms with Crippen molar-refractivity contribution < 1.29 is 9.13 Å². The Morgan fingerprint density at radius 1 is 1.21 bits per heavy atom. The van der Waals surface area contributed by atoms with Gasteiger partial charge in [-0.2, -0.15) is 0 Å². The zero-order valence-corrected chi connectivity index (χ0v) is 10.8. The molecule has 1 heterocycles. The van der Waals surface area contributed by atoms with Crippen molar-refractivity contribution in [2.45, 2.75) is 19.0 Å². The molecule has 0 saturated heterocycles. The van der Waals surface area contributed by atoms with E-state index in [2.05, 4.69) is 17.4 Å². The van der Waals surface area contributed by atoms with Gasteiger partial charge in [0.15, 0.2) is 11.6 Å². The van der Waals surface area contributed by atoms with Crippen LogP contribution >= 0.6 is 0 Å². The third kappa shape index (κ3) is 2.22. The number of rotatable bonds is 3. The molecule has 0 bridgehead atoms. The zero-order chi connectivity index (χ0) is 13.2. The summed E-state index contributed by atoms with van der Waals surface area (Å²) in [4.78, 5) is 0. The second kappa shape index (κ2) is 5.02. The van der Waals surface area contributed by atoms with Crippen LogP contribution in [0.15, 0.2) is 42.5 Å². The number of ether oxygens (including phenoxy) is 1. The fourth-order valence-electron chi connectivity index (χ4n) is 2.65. The minimum absolute atomic E-state index is 0.179. The van der Waals surface area contributed by atoms with Crippen LogP contribution in [0, 0.1) is 5.82 Å². The minimum Gasteiger partial charge on any atom is -0.494 e. The fraction of sp³-hybridized carbons (Fsp3) is 0.250. The molecule has 3 heteroatoms. The van der Waals surface area contributed by atoms with Crippen molar-refractivity contribution in [2.24, 2.45) is 0 Å². The number of fused-ring (bicyclic) bond motifs is 1. The van der Waals surface area contributed by atoms with Crippen molar-refractivity contribution in [3.8, 4) is 5.75 Å². The molecule has 0 aliphatic carbocycles. The summed E-state index contributed by atoms with van der Waals surface area (Å²) in [6.07, 6.45) is 0.639. The van der Waals surface area contributed by atoms with Crippen molar-refractivity contribution >= 4 is 0 Å². The van der Waals surface area contributed by atoms with Crippen LogP contribution in [-0.2, 0) is 13.0 Å². The maximum atomic E-state index is 14.1. The number of hydrogen-bond acceptors (Lipinski definition) is 2. The van der Waals surface area contributed by atoms with Gasteiger partial charge in [0.1, 0.15) is 0 Å². The van der Waals surface area contributed by atoms with Gasteiger partial charge in [-0.15, -0.1) is 0 Å². The monoisotopic (exact) mass is 257 g/mol. The SMILES string of the molecule is COc1cccc(CC2NCc3ccccc32)c1F. The van der Waals surface area contributed by atoms with Gasteiger partial charge in [-0.25, -0.2) is 4.39 Å². The second-order valence-electron chi connectivity index (χ2n) is 4.77. The molecule has 0 spiro atoms. The molecule has 3 rings (SSSR count). The van der Waals surface area contributed by atoms with E-state index < -0.39 is 0 Å². The lowest BCUT2D eigenvalue weighted by Crippen LogP contribution is -2.15. The Balaban J connectivity index is 1.87. The molecule has 2 aromatic carbocycles. The summed E-state index contributed by atoms with van der Waals surface area (Å²) < 4.78 is 19.2. The number of halogens is 1. The highest BCUT2D eigenvalue weighted by atomic mass is 19.1. The van der Waals surface area contributed by atoms with Crippen molar-refractivity contribution in [1.82, 2.24) is 5.32 Å². The van der Waals surface area contributed by atoms with Crippen molar-refractivity contribution in [1.29, 1.82) is 0 Å². The summed E-state index contributed by atoms with van der Waals surface area (Å²) in [6.45, 7) is 0.854. The minimum atomic E-state index is -0.254. The van der Waals surface area contributed by atoms with E-state index in [0.29, 0.717) is 17.7 Å². The van der Waals surface area contributed by atoms with Crippen LogP contribution in [0.4, 0.5) is 4.39 Å². The molecule has 19 heavy (non-hydrogen) atoms.